The van der Waals surface area contributed by atoms with Gasteiger partial charge >= 0.3 is 5.97 Å². The van der Waals surface area contributed by atoms with Gasteiger partial charge in [0.15, 0.2) is 0 Å². The van der Waals surface area contributed by atoms with Crippen molar-refractivity contribution in [2.75, 3.05) is 13.2 Å². The van der Waals surface area contributed by atoms with Gasteiger partial charge in [-0.2, -0.15) is 5.26 Å². The van der Waals surface area contributed by atoms with Crippen molar-refractivity contribution in [2.24, 2.45) is 5.73 Å². The summed E-state index contributed by atoms with van der Waals surface area (Å²) in [6.45, 7) is 8.19. The minimum Gasteiger partial charge on any atom is -0.493 e. The molecule has 0 aliphatic carbocycles. The molecule has 2 N–H and O–H groups in total. The maximum absolute atomic E-state index is 12.5. The number of hydrogen-bond acceptors (Lipinski definition) is 6. The van der Waals surface area contributed by atoms with Crippen LogP contribution in [0.15, 0.2) is 41.0 Å². The third-order valence-corrected chi connectivity index (χ3v) is 4.09. The van der Waals surface area contributed by atoms with Gasteiger partial charge in [-0.25, -0.2) is 4.79 Å². The Bertz CT molecular complexity index is 803. The first-order chi connectivity index (χ1) is 12.4. The second-order valence-electron chi connectivity index (χ2n) is 5.99. The number of nitrogens with two attached hydrogens (primary N) is 1. The van der Waals surface area contributed by atoms with Crippen molar-refractivity contribution >= 4 is 5.97 Å². The zero-order valence-corrected chi connectivity index (χ0v) is 15.6. The van der Waals surface area contributed by atoms with Crippen LogP contribution in [-0.4, -0.2) is 19.2 Å². The van der Waals surface area contributed by atoms with Gasteiger partial charge in [-0.1, -0.05) is 19.1 Å². The topological polar surface area (TPSA) is 94.6 Å². The minimum absolute atomic E-state index is 0.00649. The van der Waals surface area contributed by atoms with Gasteiger partial charge in [-0.05, 0) is 44.4 Å². The monoisotopic (exact) mass is 356 g/mol. The van der Waals surface area contributed by atoms with Crippen LogP contribution < -0.4 is 10.5 Å². The highest BCUT2D eigenvalue weighted by Crippen LogP contribution is 2.40. The standard InChI is InChI=1S/C20H24N2O4/c1-5-9-25-16-8-7-14(10-12(16)3)18-15(11-21)19(22)26-13(4)17(18)20(23)24-6-2/h7-8,10,18H,5-6,9,22H2,1-4H3. The number of rotatable bonds is 6. The van der Waals surface area contributed by atoms with E-state index in [0.717, 1.165) is 23.3 Å². The summed E-state index contributed by atoms with van der Waals surface area (Å²) in [6.07, 6.45) is 0.911. The first-order valence-electron chi connectivity index (χ1n) is 8.63. The third-order valence-electron chi connectivity index (χ3n) is 4.09. The van der Waals surface area contributed by atoms with Crippen molar-refractivity contribution in [1.29, 1.82) is 5.26 Å². The van der Waals surface area contributed by atoms with Crippen LogP contribution in [-0.2, 0) is 14.3 Å². The first-order valence-corrected chi connectivity index (χ1v) is 8.63. The predicted octanol–water partition coefficient (Wildman–Crippen LogP) is 3.43. The highest BCUT2D eigenvalue weighted by atomic mass is 16.5. The fraction of sp³-hybridized carbons (Fsp3) is 0.400. The lowest BCUT2D eigenvalue weighted by atomic mass is 9.82. The maximum Gasteiger partial charge on any atom is 0.338 e. The van der Waals surface area contributed by atoms with Crippen molar-refractivity contribution in [3.05, 3.63) is 52.1 Å². The number of aryl methyl sites for hydroxylation is 1. The predicted molar refractivity (Wildman–Crippen MR) is 97.0 cm³/mol. The molecule has 1 atom stereocenters. The minimum atomic E-state index is -0.633. The third kappa shape index (κ3) is 3.83. The van der Waals surface area contributed by atoms with E-state index in [1.807, 2.05) is 32.0 Å². The van der Waals surface area contributed by atoms with E-state index in [9.17, 15) is 10.1 Å². The number of allylic oxidation sites excluding steroid dienone is 2. The molecule has 1 heterocycles. The average molecular weight is 356 g/mol. The van der Waals surface area contributed by atoms with Gasteiger partial charge in [0.1, 0.15) is 23.2 Å². The molecule has 0 radical (unpaired) electrons. The second kappa shape index (κ2) is 8.43. The lowest BCUT2D eigenvalue weighted by Gasteiger charge is -2.27. The molecule has 1 aromatic carbocycles. The van der Waals surface area contributed by atoms with Crippen molar-refractivity contribution < 1.29 is 19.0 Å². The Hall–Kier alpha value is -2.94. The molecule has 0 saturated carbocycles. The van der Waals surface area contributed by atoms with E-state index >= 15 is 0 Å². The van der Waals surface area contributed by atoms with E-state index in [1.165, 1.54) is 0 Å². The molecule has 1 aromatic rings. The zero-order chi connectivity index (χ0) is 19.3. The normalized spacial score (nSPS) is 16.8. The van der Waals surface area contributed by atoms with Crippen LogP contribution in [0.2, 0.25) is 0 Å². The number of ether oxygens (including phenoxy) is 3. The molecule has 1 unspecified atom stereocenters. The van der Waals surface area contributed by atoms with E-state index in [1.54, 1.807) is 13.8 Å². The molecule has 0 amide bonds. The number of carbonyl (C=O) groups excluding carboxylic acids is 1. The molecule has 6 nitrogen and oxygen atoms in total. The van der Waals surface area contributed by atoms with Crippen LogP contribution >= 0.6 is 0 Å². The summed E-state index contributed by atoms with van der Waals surface area (Å²) in [6, 6.07) is 7.66. The van der Waals surface area contributed by atoms with Gasteiger partial charge in [0.2, 0.25) is 5.88 Å². The van der Waals surface area contributed by atoms with E-state index in [0.29, 0.717) is 17.9 Å². The lowest BCUT2D eigenvalue weighted by Crippen LogP contribution is -2.25. The van der Waals surface area contributed by atoms with E-state index in [4.69, 9.17) is 19.9 Å². The molecule has 0 saturated heterocycles. The SMILES string of the molecule is CCCOc1ccc(C2C(C#N)=C(N)OC(C)=C2C(=O)OCC)cc1C. The molecule has 138 valence electrons. The molecule has 0 bridgehead atoms. The van der Waals surface area contributed by atoms with Crippen LogP contribution in [0, 0.1) is 18.3 Å². The molecule has 6 heteroatoms. The molecule has 1 aliphatic rings. The second-order valence-corrected chi connectivity index (χ2v) is 5.99. The van der Waals surface area contributed by atoms with Crippen molar-refractivity contribution in [1.82, 2.24) is 0 Å². The molecule has 0 fully saturated rings. The summed E-state index contributed by atoms with van der Waals surface area (Å²) in [5.41, 5.74) is 8.06. The number of nitriles is 1. The van der Waals surface area contributed by atoms with Crippen LogP contribution in [0.4, 0.5) is 0 Å². The van der Waals surface area contributed by atoms with Crippen LogP contribution in [0.1, 0.15) is 44.2 Å². The van der Waals surface area contributed by atoms with Crippen LogP contribution in [0.3, 0.4) is 0 Å². The highest BCUT2D eigenvalue weighted by Gasteiger charge is 2.36. The Morgan fingerprint density at radius 2 is 2.08 bits per heavy atom. The number of esters is 1. The van der Waals surface area contributed by atoms with Gasteiger partial charge in [0.25, 0.3) is 0 Å². The van der Waals surface area contributed by atoms with Gasteiger partial charge in [0.05, 0.1) is 24.7 Å². The lowest BCUT2D eigenvalue weighted by molar-refractivity contribution is -0.139. The van der Waals surface area contributed by atoms with Crippen molar-refractivity contribution in [2.45, 2.75) is 40.0 Å². The molecule has 26 heavy (non-hydrogen) atoms. The van der Waals surface area contributed by atoms with Crippen molar-refractivity contribution in [3.8, 4) is 11.8 Å². The van der Waals surface area contributed by atoms with Crippen LogP contribution in [0.5, 0.6) is 5.75 Å². The fourth-order valence-electron chi connectivity index (χ4n) is 2.91. The van der Waals surface area contributed by atoms with Gasteiger partial charge in [-0.3, -0.25) is 0 Å². The molecule has 0 aromatic heterocycles. The maximum atomic E-state index is 12.5. The number of carbonyl (C=O) groups is 1. The van der Waals surface area contributed by atoms with Gasteiger partial charge in [-0.15, -0.1) is 0 Å². The van der Waals surface area contributed by atoms with E-state index in [2.05, 4.69) is 6.07 Å². The Labute approximate surface area is 153 Å². The number of hydrogen-bond donors (Lipinski definition) is 1. The summed E-state index contributed by atoms with van der Waals surface area (Å²) < 4.78 is 16.3. The number of nitrogens with zero attached hydrogens (tertiary/aromatic N) is 1. The average Bonchev–Trinajstić information content (AvgIpc) is 2.60. The smallest absolute Gasteiger partial charge is 0.338 e. The summed E-state index contributed by atoms with van der Waals surface area (Å²) in [7, 11) is 0. The first kappa shape index (κ1) is 19.4. The largest absolute Gasteiger partial charge is 0.493 e. The molecule has 0 spiro atoms. The summed E-state index contributed by atoms with van der Waals surface area (Å²) in [5, 5.41) is 9.58. The van der Waals surface area contributed by atoms with Gasteiger partial charge < -0.3 is 19.9 Å². The quantitative estimate of drug-likeness (QED) is 0.785. The Balaban J connectivity index is 2.53. The molecule has 2 rings (SSSR count). The summed E-state index contributed by atoms with van der Waals surface area (Å²) in [4.78, 5) is 12.5. The van der Waals surface area contributed by atoms with Crippen molar-refractivity contribution in [3.63, 3.8) is 0 Å². The Morgan fingerprint density at radius 1 is 1.35 bits per heavy atom. The van der Waals surface area contributed by atoms with E-state index < -0.39 is 11.9 Å². The van der Waals surface area contributed by atoms with Gasteiger partial charge in [0, 0.05) is 0 Å². The Morgan fingerprint density at radius 3 is 2.65 bits per heavy atom. The molecular formula is C20H24N2O4. The molecular weight excluding hydrogens is 332 g/mol. The summed E-state index contributed by atoms with van der Waals surface area (Å²) in [5.74, 6) is -0.0247. The number of benzene rings is 1. The van der Waals surface area contributed by atoms with Crippen LogP contribution in [0.25, 0.3) is 0 Å². The Kier molecular flexibility index (Phi) is 6.29. The highest BCUT2D eigenvalue weighted by molar-refractivity contribution is 5.92. The summed E-state index contributed by atoms with van der Waals surface area (Å²) >= 11 is 0. The zero-order valence-electron chi connectivity index (χ0n) is 15.6. The van der Waals surface area contributed by atoms with E-state index in [-0.39, 0.29) is 18.1 Å². The fourth-order valence-corrected chi connectivity index (χ4v) is 2.91. The molecule has 1 aliphatic heterocycles.